The van der Waals surface area contributed by atoms with Crippen molar-refractivity contribution in [2.24, 2.45) is 0 Å². The van der Waals surface area contributed by atoms with Crippen molar-refractivity contribution < 1.29 is 57.2 Å². The lowest BCUT2D eigenvalue weighted by Crippen LogP contribution is -2.29. The molecule has 0 radical (unpaired) electrons. The number of ether oxygens (including phenoxy) is 6. The smallest absolute Gasteiger partial charge is 0.306 e. The van der Waals surface area contributed by atoms with E-state index >= 15 is 0 Å². The Balaban J connectivity index is 4.77. The molecule has 0 heterocycles. The Kier molecular flexibility index (Phi) is 73.4. The summed E-state index contributed by atoms with van der Waals surface area (Å²) >= 11 is 0. The average Bonchev–Trinajstić information content (AvgIpc) is 3.80. The number of nitrogens with zero attached hydrogens (tertiary/aromatic N) is 3. The van der Waals surface area contributed by atoms with Crippen LogP contribution in [0, 0.1) is 0 Å². The molecule has 0 aromatic heterocycles. The molecule has 15 heteroatoms. The van der Waals surface area contributed by atoms with Crippen LogP contribution in [0.5, 0.6) is 0 Å². The number of unbranched alkanes of at least 4 members (excludes halogenated alkanes) is 34. The second-order valence-electron chi connectivity index (χ2n) is 27.4. The molecule has 570 valence electrons. The van der Waals surface area contributed by atoms with Crippen molar-refractivity contribution in [2.45, 2.75) is 349 Å². The Bertz CT molecular complexity index is 1700. The number of carbonyl (C=O) groups is 6. The molecule has 0 rings (SSSR count). The minimum atomic E-state index is -0.178. The minimum Gasteiger partial charge on any atom is -0.464 e. The van der Waals surface area contributed by atoms with E-state index in [1.807, 2.05) is 36.3 Å². The molecule has 0 bridgehead atoms. The summed E-state index contributed by atoms with van der Waals surface area (Å²) < 4.78 is 32.9. The van der Waals surface area contributed by atoms with E-state index in [-0.39, 0.29) is 35.8 Å². The highest BCUT2D eigenvalue weighted by Crippen LogP contribution is 2.16. The second-order valence-corrected chi connectivity index (χ2v) is 27.4. The van der Waals surface area contributed by atoms with Crippen LogP contribution in [-0.2, 0) is 57.2 Å². The lowest BCUT2D eigenvalue weighted by molar-refractivity contribution is -0.145. The predicted octanol–water partition coefficient (Wildman–Crippen LogP) is 20.6. The third-order valence-electron chi connectivity index (χ3n) is 18.0. The van der Waals surface area contributed by atoms with Crippen molar-refractivity contribution in [1.82, 2.24) is 14.7 Å². The molecular formula is C83H151N3O12. The molecule has 0 N–H and O–H groups in total. The van der Waals surface area contributed by atoms with E-state index in [0.717, 1.165) is 219 Å². The molecule has 0 aliphatic carbocycles. The fourth-order valence-corrected chi connectivity index (χ4v) is 11.7. The Morgan fingerprint density at radius 1 is 0.224 bits per heavy atom. The van der Waals surface area contributed by atoms with Gasteiger partial charge in [-0.3, -0.25) is 33.7 Å². The van der Waals surface area contributed by atoms with Crippen LogP contribution in [0.1, 0.15) is 349 Å². The molecule has 0 unspecified atom stereocenters. The van der Waals surface area contributed by atoms with Crippen molar-refractivity contribution in [2.75, 3.05) is 99.0 Å². The van der Waals surface area contributed by atoms with Crippen molar-refractivity contribution in [1.29, 1.82) is 0 Å². The number of esters is 6. The van der Waals surface area contributed by atoms with Gasteiger partial charge in [0, 0.05) is 51.6 Å². The van der Waals surface area contributed by atoms with Crippen molar-refractivity contribution in [3.8, 4) is 0 Å². The highest BCUT2D eigenvalue weighted by Gasteiger charge is 2.13. The number of likely N-dealkylation sites (N-methyl/N-ethyl adjacent to an activating group) is 1. The molecule has 98 heavy (non-hydrogen) atoms. The zero-order chi connectivity index (χ0) is 71.4. The van der Waals surface area contributed by atoms with E-state index in [1.165, 1.54) is 103 Å². The summed E-state index contributed by atoms with van der Waals surface area (Å²) in [5.41, 5.74) is 0. The van der Waals surface area contributed by atoms with Gasteiger partial charge < -0.3 is 38.2 Å². The number of carbonyl (C=O) groups excluding carboxylic acids is 6. The quantitative estimate of drug-likeness (QED) is 0.0244. The molecule has 0 saturated carbocycles. The molecule has 0 atom stereocenters. The zero-order valence-corrected chi connectivity index (χ0v) is 64.1. The van der Waals surface area contributed by atoms with Crippen molar-refractivity contribution in [3.05, 3.63) is 48.6 Å². The molecule has 0 aromatic rings. The third kappa shape index (κ3) is 72.9. The molecular weight excluding hydrogens is 1230 g/mol. The first-order chi connectivity index (χ1) is 48.0. The van der Waals surface area contributed by atoms with Gasteiger partial charge in [0.25, 0.3) is 0 Å². The van der Waals surface area contributed by atoms with Crippen LogP contribution in [0.4, 0.5) is 0 Å². The molecule has 0 fully saturated rings. The topological polar surface area (TPSA) is 168 Å². The van der Waals surface area contributed by atoms with Gasteiger partial charge in [0.1, 0.15) is 39.6 Å². The van der Waals surface area contributed by atoms with Crippen LogP contribution < -0.4 is 0 Å². The summed E-state index contributed by atoms with van der Waals surface area (Å²) in [5, 5.41) is 0. The lowest BCUT2D eigenvalue weighted by Gasteiger charge is -2.22. The highest BCUT2D eigenvalue weighted by molar-refractivity contribution is 5.71. The van der Waals surface area contributed by atoms with Crippen LogP contribution in [0.15, 0.2) is 48.6 Å². The Morgan fingerprint density at radius 2 is 0.418 bits per heavy atom. The van der Waals surface area contributed by atoms with Gasteiger partial charge in [-0.05, 0) is 175 Å². The minimum absolute atomic E-state index is 0.109. The predicted molar refractivity (Wildman–Crippen MR) is 406 cm³/mol. The van der Waals surface area contributed by atoms with E-state index in [9.17, 15) is 28.8 Å². The summed E-state index contributed by atoms with van der Waals surface area (Å²) in [6, 6.07) is 0. The van der Waals surface area contributed by atoms with Crippen LogP contribution >= 0.6 is 0 Å². The number of hydrogen-bond acceptors (Lipinski definition) is 15. The molecule has 0 amide bonds. The Hall–Kier alpha value is -4.34. The standard InChI is InChI=1S/C83H151N3O12/c1-6-10-14-18-22-38-54-72-93-78(87)58-42-30-26-34-48-64-85(65-49-35-27-31-43-59-79(88)94-73-55-39-23-19-15-11-7-2)68-52-46-62-82(91)97-76-70-84(5)71-77-98-83(92)63-47-53-69-86(66-50-36-28-32-44-60-80(89)95-74-56-40-24-20-16-12-8-3)67-51-37-29-33-45-61-81(90)96-75-57-41-25-21-17-13-9-4/h38-41,54-57H,6-37,42-53,58-77H2,1-5H3/b54-38-,55-39-,56-40-,57-41-. The third-order valence-corrected chi connectivity index (χ3v) is 18.0. The summed E-state index contributed by atoms with van der Waals surface area (Å²) in [7, 11) is 1.95. The van der Waals surface area contributed by atoms with Crippen molar-refractivity contribution >= 4 is 35.8 Å². The molecule has 0 aliphatic heterocycles. The first-order valence-electron chi connectivity index (χ1n) is 40.7. The van der Waals surface area contributed by atoms with E-state index in [1.54, 1.807) is 0 Å². The second kappa shape index (κ2) is 76.8. The van der Waals surface area contributed by atoms with Gasteiger partial charge in [-0.2, -0.15) is 0 Å². The fourth-order valence-electron chi connectivity index (χ4n) is 11.7. The summed E-state index contributed by atoms with van der Waals surface area (Å²) in [6.07, 6.45) is 67.3. The fraction of sp³-hybridized carbons (Fsp3) is 0.831. The summed E-state index contributed by atoms with van der Waals surface area (Å²) in [4.78, 5) is 81.7. The zero-order valence-electron chi connectivity index (χ0n) is 64.1. The van der Waals surface area contributed by atoms with E-state index in [0.29, 0.717) is 91.3 Å². The van der Waals surface area contributed by atoms with Crippen LogP contribution in [0.25, 0.3) is 0 Å². The molecule has 15 nitrogen and oxygen atoms in total. The van der Waals surface area contributed by atoms with Crippen LogP contribution in [0.2, 0.25) is 0 Å². The van der Waals surface area contributed by atoms with Gasteiger partial charge in [-0.15, -0.1) is 0 Å². The molecule has 0 aliphatic rings. The highest BCUT2D eigenvalue weighted by atomic mass is 16.6. The van der Waals surface area contributed by atoms with Gasteiger partial charge >= 0.3 is 35.8 Å². The van der Waals surface area contributed by atoms with E-state index < -0.39 is 0 Å². The summed E-state index contributed by atoms with van der Waals surface area (Å²) in [6.45, 7) is 18.0. The van der Waals surface area contributed by atoms with Gasteiger partial charge in [0.05, 0.1) is 0 Å². The number of hydrogen-bond donors (Lipinski definition) is 0. The van der Waals surface area contributed by atoms with Crippen LogP contribution in [-0.4, -0.2) is 150 Å². The first kappa shape index (κ1) is 93.7. The van der Waals surface area contributed by atoms with Gasteiger partial charge in [0.15, 0.2) is 0 Å². The largest absolute Gasteiger partial charge is 0.464 e. The van der Waals surface area contributed by atoms with Gasteiger partial charge in [-0.25, -0.2) is 0 Å². The number of allylic oxidation sites excluding steroid dienone is 4. The van der Waals surface area contributed by atoms with E-state index in [4.69, 9.17) is 28.4 Å². The SMILES string of the molecule is CCCCCC/C=C\COC(=O)CCCCCCCN(CCCCCCCC(=O)OC/C=C\CCCCCC)CCCCC(=O)OCCN(C)CCOC(=O)CCCCN(CCCCCCCC(=O)OC/C=C\CCCCCC)CCCCCCCC(=O)OC/C=C\CCCCCC. The Labute approximate surface area is 601 Å². The normalized spacial score (nSPS) is 11.8. The monoisotopic (exact) mass is 1380 g/mol. The van der Waals surface area contributed by atoms with Gasteiger partial charge in [-0.1, -0.05) is 230 Å². The maximum absolute atomic E-state index is 12.8. The number of rotatable bonds is 76. The summed E-state index contributed by atoms with van der Waals surface area (Å²) in [5.74, 6) is -0.792. The Morgan fingerprint density at radius 3 is 0.663 bits per heavy atom. The molecule has 0 saturated heterocycles. The average molecular weight is 1380 g/mol. The van der Waals surface area contributed by atoms with Crippen LogP contribution in [0.3, 0.4) is 0 Å². The maximum atomic E-state index is 12.8. The van der Waals surface area contributed by atoms with E-state index in [2.05, 4.69) is 61.8 Å². The first-order valence-corrected chi connectivity index (χ1v) is 40.7. The molecule has 0 aromatic carbocycles. The molecule has 0 spiro atoms. The van der Waals surface area contributed by atoms with Crippen molar-refractivity contribution in [3.63, 3.8) is 0 Å². The van der Waals surface area contributed by atoms with Gasteiger partial charge in [0.2, 0.25) is 0 Å². The maximum Gasteiger partial charge on any atom is 0.306 e. The lowest BCUT2D eigenvalue weighted by atomic mass is 10.1.